The van der Waals surface area contributed by atoms with E-state index in [1.165, 1.54) is 13.3 Å². The zero-order chi connectivity index (χ0) is 10.8. The van der Waals surface area contributed by atoms with E-state index in [1.54, 1.807) is 18.2 Å². The minimum absolute atomic E-state index is 0.227. The van der Waals surface area contributed by atoms with Crippen molar-refractivity contribution in [1.29, 1.82) is 0 Å². The fourth-order valence-corrected chi connectivity index (χ4v) is 1.49. The molecule has 0 amide bonds. The van der Waals surface area contributed by atoms with Crippen LogP contribution in [0.15, 0.2) is 29.2 Å². The van der Waals surface area contributed by atoms with Crippen molar-refractivity contribution in [2.75, 3.05) is 7.11 Å². The number of aromatic amines is 1. The monoisotopic (exact) mass is 203 g/mol. The molecule has 0 aliphatic heterocycles. The van der Waals surface area contributed by atoms with E-state index in [0.29, 0.717) is 28.4 Å². The van der Waals surface area contributed by atoms with Crippen molar-refractivity contribution in [3.05, 3.63) is 40.3 Å². The average Bonchev–Trinajstić information content (AvgIpc) is 2.29. The maximum Gasteiger partial charge on any atom is 0.255 e. The third-order valence-corrected chi connectivity index (χ3v) is 2.27. The van der Waals surface area contributed by atoms with Crippen molar-refractivity contribution in [3.8, 4) is 5.75 Å². The molecular weight excluding hydrogens is 194 g/mol. The van der Waals surface area contributed by atoms with Gasteiger partial charge in [0.2, 0.25) is 0 Å². The number of hydrogen-bond donors (Lipinski definition) is 1. The summed E-state index contributed by atoms with van der Waals surface area (Å²) in [5.41, 5.74) is 0.238. The second-order valence-electron chi connectivity index (χ2n) is 3.10. The van der Waals surface area contributed by atoms with Gasteiger partial charge in [0.1, 0.15) is 5.75 Å². The van der Waals surface area contributed by atoms with Crippen LogP contribution in [0.5, 0.6) is 5.75 Å². The van der Waals surface area contributed by atoms with Crippen molar-refractivity contribution in [2.24, 2.45) is 0 Å². The van der Waals surface area contributed by atoms with E-state index in [4.69, 9.17) is 4.74 Å². The summed E-state index contributed by atoms with van der Waals surface area (Å²) in [4.78, 5) is 24.7. The van der Waals surface area contributed by atoms with Gasteiger partial charge in [0.15, 0.2) is 6.29 Å². The molecule has 1 N–H and O–H groups in total. The van der Waals surface area contributed by atoms with E-state index in [-0.39, 0.29) is 5.56 Å². The van der Waals surface area contributed by atoms with Crippen LogP contribution in [0.4, 0.5) is 0 Å². The van der Waals surface area contributed by atoms with E-state index in [2.05, 4.69) is 4.98 Å². The van der Waals surface area contributed by atoms with Crippen LogP contribution < -0.4 is 10.3 Å². The SMILES string of the molecule is COc1ccc2c(C=O)c[nH]c(=O)c2c1. The highest BCUT2D eigenvalue weighted by Crippen LogP contribution is 2.19. The highest BCUT2D eigenvalue weighted by atomic mass is 16.5. The van der Waals surface area contributed by atoms with E-state index in [9.17, 15) is 9.59 Å². The number of ether oxygens (including phenoxy) is 1. The first kappa shape index (κ1) is 9.45. The summed E-state index contributed by atoms with van der Waals surface area (Å²) in [6, 6.07) is 5.03. The van der Waals surface area contributed by atoms with Gasteiger partial charge >= 0.3 is 0 Å². The number of hydrogen-bond acceptors (Lipinski definition) is 3. The van der Waals surface area contributed by atoms with Crippen molar-refractivity contribution in [2.45, 2.75) is 0 Å². The second kappa shape index (κ2) is 3.57. The van der Waals surface area contributed by atoms with Crippen LogP contribution in [0, 0.1) is 0 Å². The largest absolute Gasteiger partial charge is 0.497 e. The molecule has 1 heterocycles. The van der Waals surface area contributed by atoms with Gasteiger partial charge in [-0.1, -0.05) is 0 Å². The van der Waals surface area contributed by atoms with Crippen molar-refractivity contribution < 1.29 is 9.53 Å². The third kappa shape index (κ3) is 1.50. The normalized spacial score (nSPS) is 10.2. The van der Waals surface area contributed by atoms with E-state index in [1.807, 2.05) is 0 Å². The van der Waals surface area contributed by atoms with Crippen molar-refractivity contribution in [3.63, 3.8) is 0 Å². The Morgan fingerprint density at radius 2 is 2.13 bits per heavy atom. The van der Waals surface area contributed by atoms with E-state index >= 15 is 0 Å². The van der Waals surface area contributed by atoms with Crippen LogP contribution in [0.3, 0.4) is 0 Å². The Bertz CT molecular complexity index is 572. The van der Waals surface area contributed by atoms with E-state index in [0.717, 1.165) is 0 Å². The molecular formula is C11H9NO3. The number of pyridine rings is 1. The second-order valence-corrected chi connectivity index (χ2v) is 3.10. The molecule has 0 bridgehead atoms. The fraction of sp³-hybridized carbons (Fsp3) is 0.0909. The number of fused-ring (bicyclic) bond motifs is 1. The van der Waals surface area contributed by atoms with Gasteiger partial charge in [0.05, 0.1) is 12.5 Å². The molecule has 2 aromatic rings. The maximum absolute atomic E-state index is 11.5. The number of aldehydes is 1. The summed E-state index contributed by atoms with van der Waals surface area (Å²) in [5.74, 6) is 0.594. The number of benzene rings is 1. The van der Waals surface area contributed by atoms with Gasteiger partial charge in [-0.05, 0) is 23.6 Å². The predicted molar refractivity (Wildman–Crippen MR) is 56.5 cm³/mol. The van der Waals surface area contributed by atoms with Gasteiger partial charge in [-0.15, -0.1) is 0 Å². The van der Waals surface area contributed by atoms with Crippen LogP contribution in [-0.4, -0.2) is 18.4 Å². The van der Waals surface area contributed by atoms with Crippen LogP contribution in [0.2, 0.25) is 0 Å². The molecule has 0 saturated heterocycles. The van der Waals surface area contributed by atoms with Crippen LogP contribution in [0.1, 0.15) is 10.4 Å². The van der Waals surface area contributed by atoms with Gasteiger partial charge < -0.3 is 9.72 Å². The highest BCUT2D eigenvalue weighted by molar-refractivity contribution is 5.97. The Hall–Kier alpha value is -2.10. The number of rotatable bonds is 2. The average molecular weight is 203 g/mol. The van der Waals surface area contributed by atoms with Gasteiger partial charge in [-0.2, -0.15) is 0 Å². The highest BCUT2D eigenvalue weighted by Gasteiger charge is 2.04. The smallest absolute Gasteiger partial charge is 0.255 e. The number of carbonyl (C=O) groups is 1. The van der Waals surface area contributed by atoms with Crippen molar-refractivity contribution in [1.82, 2.24) is 4.98 Å². The minimum Gasteiger partial charge on any atom is -0.497 e. The molecule has 0 unspecified atom stereocenters. The molecule has 4 nitrogen and oxygen atoms in total. The molecule has 0 aliphatic rings. The predicted octanol–water partition coefficient (Wildman–Crippen LogP) is 1.35. The standard InChI is InChI=1S/C11H9NO3/c1-15-8-2-3-9-7(6-13)5-12-11(14)10(9)4-8/h2-6H,1H3,(H,12,14). The Morgan fingerprint density at radius 3 is 2.80 bits per heavy atom. The molecule has 1 aromatic carbocycles. The lowest BCUT2D eigenvalue weighted by molar-refractivity contribution is 0.112. The molecule has 0 atom stereocenters. The molecule has 0 fully saturated rings. The zero-order valence-corrected chi connectivity index (χ0v) is 8.11. The Balaban J connectivity index is 2.87. The van der Waals surface area contributed by atoms with Crippen LogP contribution >= 0.6 is 0 Å². The molecule has 1 aromatic heterocycles. The Morgan fingerprint density at radius 1 is 1.33 bits per heavy atom. The van der Waals surface area contributed by atoms with Gasteiger partial charge in [-0.3, -0.25) is 9.59 Å². The summed E-state index contributed by atoms with van der Waals surface area (Å²) in [6.45, 7) is 0. The van der Waals surface area contributed by atoms with Gasteiger partial charge in [0, 0.05) is 11.8 Å². The summed E-state index contributed by atoms with van der Waals surface area (Å²) < 4.78 is 5.01. The number of nitrogens with one attached hydrogen (secondary N) is 1. The summed E-state index contributed by atoms with van der Waals surface area (Å²) in [7, 11) is 1.53. The number of methoxy groups -OCH3 is 1. The quantitative estimate of drug-likeness (QED) is 0.749. The van der Waals surface area contributed by atoms with Crippen molar-refractivity contribution >= 4 is 17.1 Å². The first-order chi connectivity index (χ1) is 7.26. The Labute approximate surface area is 85.5 Å². The fourth-order valence-electron chi connectivity index (χ4n) is 1.49. The molecule has 0 radical (unpaired) electrons. The lowest BCUT2D eigenvalue weighted by Gasteiger charge is -2.03. The number of carbonyl (C=O) groups excluding carboxylic acids is 1. The third-order valence-electron chi connectivity index (χ3n) is 2.27. The molecule has 0 saturated carbocycles. The first-order valence-corrected chi connectivity index (χ1v) is 4.41. The maximum atomic E-state index is 11.5. The lowest BCUT2D eigenvalue weighted by atomic mass is 10.1. The Kier molecular flexibility index (Phi) is 2.25. The minimum atomic E-state index is -0.227. The van der Waals surface area contributed by atoms with E-state index < -0.39 is 0 Å². The van der Waals surface area contributed by atoms with Crippen LogP contribution in [-0.2, 0) is 0 Å². The molecule has 2 rings (SSSR count). The van der Waals surface area contributed by atoms with Crippen LogP contribution in [0.25, 0.3) is 10.8 Å². The summed E-state index contributed by atoms with van der Waals surface area (Å²) in [6.07, 6.45) is 2.12. The summed E-state index contributed by atoms with van der Waals surface area (Å²) >= 11 is 0. The topological polar surface area (TPSA) is 59.2 Å². The summed E-state index contributed by atoms with van der Waals surface area (Å²) in [5, 5.41) is 1.09. The molecule has 4 heteroatoms. The zero-order valence-electron chi connectivity index (χ0n) is 8.11. The lowest BCUT2D eigenvalue weighted by Crippen LogP contribution is -2.07. The number of aromatic nitrogens is 1. The van der Waals surface area contributed by atoms with Gasteiger partial charge in [-0.25, -0.2) is 0 Å². The number of H-pyrrole nitrogens is 1. The first-order valence-electron chi connectivity index (χ1n) is 4.41. The molecule has 0 spiro atoms. The molecule has 0 aliphatic carbocycles. The molecule has 15 heavy (non-hydrogen) atoms. The van der Waals surface area contributed by atoms with Gasteiger partial charge in [0.25, 0.3) is 5.56 Å². The molecule has 76 valence electrons.